The van der Waals surface area contributed by atoms with Gasteiger partial charge in [-0.25, -0.2) is 0 Å². The van der Waals surface area contributed by atoms with E-state index >= 15 is 0 Å². The number of ether oxygens (including phenoxy) is 2. The molecule has 1 atom stereocenters. The maximum Gasteiger partial charge on any atom is 0.306 e. The highest BCUT2D eigenvalue weighted by Gasteiger charge is 2.16. The molecule has 0 saturated carbocycles. The lowest BCUT2D eigenvalue weighted by Crippen LogP contribution is -2.18. The fourth-order valence-electron chi connectivity index (χ4n) is 6.34. The summed E-state index contributed by atoms with van der Waals surface area (Å²) in [6.07, 6.45) is 35.5. The fourth-order valence-corrected chi connectivity index (χ4v) is 6.34. The molecule has 0 aromatic heterocycles. The minimum absolute atomic E-state index is 0.00628. The van der Waals surface area contributed by atoms with Crippen LogP contribution in [0.3, 0.4) is 0 Å². The minimum Gasteiger partial charge on any atom is -0.462 e. The van der Waals surface area contributed by atoms with Gasteiger partial charge >= 0.3 is 11.9 Å². The average Bonchev–Trinajstić information content (AvgIpc) is 3.03. The first-order valence-corrected chi connectivity index (χ1v) is 20.5. The van der Waals surface area contributed by atoms with Gasteiger partial charge in [0.1, 0.15) is 12.2 Å². The van der Waals surface area contributed by atoms with Crippen LogP contribution in [-0.4, -0.2) is 49.7 Å². The van der Waals surface area contributed by atoms with Gasteiger partial charge in [0.2, 0.25) is 0 Å². The molecule has 0 N–H and O–H groups in total. The van der Waals surface area contributed by atoms with Gasteiger partial charge in [0.25, 0.3) is 0 Å². The molecule has 0 aliphatic rings. The highest BCUT2D eigenvalue weighted by atomic mass is 16.5. The molecule has 0 aliphatic heterocycles. The Morgan fingerprint density at radius 2 is 0.696 bits per heavy atom. The SMILES string of the molecule is CCCCCCCCC(CCCCCCCC)OC(=O)CCCCCCCC(CCCCCCC)OC(=O)CCCCCN(C)C. The third-order valence-corrected chi connectivity index (χ3v) is 9.38. The third-order valence-electron chi connectivity index (χ3n) is 9.38. The van der Waals surface area contributed by atoms with Gasteiger partial charge in [-0.05, 0) is 91.3 Å². The number of rotatable bonds is 36. The van der Waals surface area contributed by atoms with Crippen molar-refractivity contribution >= 4 is 11.9 Å². The summed E-state index contributed by atoms with van der Waals surface area (Å²) in [6.45, 7) is 7.85. The van der Waals surface area contributed by atoms with E-state index in [0.717, 1.165) is 90.0 Å². The Morgan fingerprint density at radius 1 is 0.413 bits per heavy atom. The predicted octanol–water partition coefficient (Wildman–Crippen LogP) is 12.5. The van der Waals surface area contributed by atoms with Crippen molar-refractivity contribution in [3.8, 4) is 0 Å². The van der Waals surface area contributed by atoms with E-state index in [4.69, 9.17) is 9.47 Å². The molecule has 0 radical (unpaired) electrons. The molecule has 5 heteroatoms. The van der Waals surface area contributed by atoms with Crippen LogP contribution >= 0.6 is 0 Å². The van der Waals surface area contributed by atoms with Crippen molar-refractivity contribution in [2.45, 2.75) is 232 Å². The van der Waals surface area contributed by atoms with Gasteiger partial charge in [0.05, 0.1) is 0 Å². The van der Waals surface area contributed by atoms with Crippen LogP contribution in [0.5, 0.6) is 0 Å². The van der Waals surface area contributed by atoms with Crippen LogP contribution < -0.4 is 0 Å². The second-order valence-corrected chi connectivity index (χ2v) is 14.5. The van der Waals surface area contributed by atoms with E-state index in [1.807, 2.05) is 0 Å². The monoisotopic (exact) mass is 652 g/mol. The molecule has 0 aromatic carbocycles. The van der Waals surface area contributed by atoms with Gasteiger partial charge in [-0.2, -0.15) is 0 Å². The summed E-state index contributed by atoms with van der Waals surface area (Å²) in [6, 6.07) is 0. The molecule has 0 saturated heterocycles. The largest absolute Gasteiger partial charge is 0.462 e. The summed E-state index contributed by atoms with van der Waals surface area (Å²) in [4.78, 5) is 27.5. The van der Waals surface area contributed by atoms with Gasteiger partial charge in [-0.3, -0.25) is 9.59 Å². The molecule has 0 bridgehead atoms. The van der Waals surface area contributed by atoms with E-state index in [9.17, 15) is 9.59 Å². The van der Waals surface area contributed by atoms with Crippen molar-refractivity contribution in [2.24, 2.45) is 0 Å². The van der Waals surface area contributed by atoms with Crippen molar-refractivity contribution in [1.82, 2.24) is 4.90 Å². The van der Waals surface area contributed by atoms with Crippen LogP contribution in [0, 0.1) is 0 Å². The second kappa shape index (κ2) is 35.2. The molecule has 1 unspecified atom stereocenters. The third kappa shape index (κ3) is 32.8. The smallest absolute Gasteiger partial charge is 0.306 e. The van der Waals surface area contributed by atoms with Crippen molar-refractivity contribution in [2.75, 3.05) is 20.6 Å². The molecule has 0 spiro atoms. The summed E-state index contributed by atoms with van der Waals surface area (Å²) in [7, 11) is 4.19. The summed E-state index contributed by atoms with van der Waals surface area (Å²) in [5.41, 5.74) is 0. The van der Waals surface area contributed by atoms with Gasteiger partial charge in [0, 0.05) is 12.8 Å². The van der Waals surface area contributed by atoms with E-state index in [1.165, 1.54) is 103 Å². The minimum atomic E-state index is -0.00628. The van der Waals surface area contributed by atoms with Crippen molar-refractivity contribution in [1.29, 1.82) is 0 Å². The Balaban J connectivity index is 4.35. The van der Waals surface area contributed by atoms with Crippen LogP contribution in [0.2, 0.25) is 0 Å². The van der Waals surface area contributed by atoms with Crippen LogP contribution in [0.4, 0.5) is 0 Å². The number of nitrogens with zero attached hydrogens (tertiary/aromatic N) is 1. The van der Waals surface area contributed by atoms with Crippen LogP contribution in [0.15, 0.2) is 0 Å². The highest BCUT2D eigenvalue weighted by molar-refractivity contribution is 5.69. The summed E-state index contributed by atoms with van der Waals surface area (Å²) < 4.78 is 12.0. The maximum absolute atomic E-state index is 12.7. The molecule has 0 fully saturated rings. The molecule has 0 heterocycles. The first-order chi connectivity index (χ1) is 22.4. The first kappa shape index (κ1) is 44.9. The number of carbonyl (C=O) groups excluding carboxylic acids is 2. The lowest BCUT2D eigenvalue weighted by atomic mass is 10.0. The van der Waals surface area contributed by atoms with E-state index < -0.39 is 0 Å². The molecule has 0 aliphatic carbocycles. The molecule has 274 valence electrons. The Bertz CT molecular complexity index is 636. The Hall–Kier alpha value is -1.10. The quantitative estimate of drug-likeness (QED) is 0.0498. The molecule has 0 amide bonds. The molecular formula is C41H81NO4. The number of unbranched alkanes of at least 4 members (excludes halogenated alkanes) is 20. The van der Waals surface area contributed by atoms with Crippen LogP contribution in [0.25, 0.3) is 0 Å². The average molecular weight is 652 g/mol. The molecule has 0 aromatic rings. The lowest BCUT2D eigenvalue weighted by molar-refractivity contribution is -0.151. The molecular weight excluding hydrogens is 570 g/mol. The normalized spacial score (nSPS) is 12.2. The van der Waals surface area contributed by atoms with Crippen molar-refractivity contribution in [3.05, 3.63) is 0 Å². The molecule has 46 heavy (non-hydrogen) atoms. The van der Waals surface area contributed by atoms with Crippen molar-refractivity contribution < 1.29 is 19.1 Å². The Labute approximate surface area is 288 Å². The maximum atomic E-state index is 12.7. The van der Waals surface area contributed by atoms with Gasteiger partial charge in [0.15, 0.2) is 0 Å². The number of esters is 2. The summed E-state index contributed by atoms with van der Waals surface area (Å²) >= 11 is 0. The topological polar surface area (TPSA) is 55.8 Å². The van der Waals surface area contributed by atoms with E-state index in [0.29, 0.717) is 12.8 Å². The Kier molecular flexibility index (Phi) is 34.4. The van der Waals surface area contributed by atoms with Gasteiger partial charge in [-0.1, -0.05) is 136 Å². The highest BCUT2D eigenvalue weighted by Crippen LogP contribution is 2.20. The molecule has 5 nitrogen and oxygen atoms in total. The summed E-state index contributed by atoms with van der Waals surface area (Å²) in [5, 5.41) is 0. The van der Waals surface area contributed by atoms with Crippen LogP contribution in [-0.2, 0) is 19.1 Å². The van der Waals surface area contributed by atoms with Gasteiger partial charge < -0.3 is 14.4 Å². The number of carbonyl (C=O) groups is 2. The second-order valence-electron chi connectivity index (χ2n) is 14.5. The fraction of sp³-hybridized carbons (Fsp3) is 0.951. The van der Waals surface area contributed by atoms with Crippen LogP contribution in [0.1, 0.15) is 220 Å². The predicted molar refractivity (Wildman–Crippen MR) is 198 cm³/mol. The lowest BCUT2D eigenvalue weighted by Gasteiger charge is -2.19. The van der Waals surface area contributed by atoms with Gasteiger partial charge in [-0.15, -0.1) is 0 Å². The van der Waals surface area contributed by atoms with E-state index in [1.54, 1.807) is 0 Å². The zero-order chi connectivity index (χ0) is 33.9. The standard InChI is InChI=1S/C41H81NO4/c1-6-9-12-15-19-25-32-39(33-26-20-16-13-10-7-2)45-40(43)35-28-22-17-21-27-34-38(31-24-18-14-11-8-3)46-41(44)36-29-23-30-37-42(4)5/h38-39H,6-37H2,1-5H3. The Morgan fingerprint density at radius 3 is 1.02 bits per heavy atom. The zero-order valence-corrected chi connectivity index (χ0v) is 31.9. The van der Waals surface area contributed by atoms with Crippen molar-refractivity contribution in [3.63, 3.8) is 0 Å². The summed E-state index contributed by atoms with van der Waals surface area (Å²) in [5.74, 6) is 0.00643. The van der Waals surface area contributed by atoms with E-state index in [2.05, 4.69) is 39.8 Å². The number of hydrogen-bond acceptors (Lipinski definition) is 5. The first-order valence-electron chi connectivity index (χ1n) is 20.5. The number of hydrogen-bond donors (Lipinski definition) is 0. The van der Waals surface area contributed by atoms with E-state index in [-0.39, 0.29) is 24.1 Å². The zero-order valence-electron chi connectivity index (χ0n) is 31.9. The molecule has 0 rings (SSSR count).